The first-order valence-corrected chi connectivity index (χ1v) is 8.19. The fraction of sp³-hybridized carbons (Fsp3) is 0.529. The van der Waals surface area contributed by atoms with Crippen LogP contribution in [-0.2, 0) is 9.53 Å². The van der Waals surface area contributed by atoms with E-state index in [1.165, 1.54) is 0 Å². The molecule has 23 heavy (non-hydrogen) atoms. The Balaban J connectivity index is 1.69. The lowest BCUT2D eigenvalue weighted by atomic mass is 10.1. The van der Waals surface area contributed by atoms with Crippen molar-refractivity contribution in [1.29, 1.82) is 0 Å². The van der Waals surface area contributed by atoms with Gasteiger partial charge >= 0.3 is 0 Å². The van der Waals surface area contributed by atoms with E-state index >= 15 is 0 Å². The molecule has 3 rings (SSSR count). The summed E-state index contributed by atoms with van der Waals surface area (Å²) >= 11 is 0. The summed E-state index contributed by atoms with van der Waals surface area (Å²) in [5, 5.41) is 6.12. The van der Waals surface area contributed by atoms with E-state index in [1.807, 2.05) is 11.8 Å². The van der Waals surface area contributed by atoms with Gasteiger partial charge in [0.05, 0.1) is 0 Å². The van der Waals surface area contributed by atoms with Crippen molar-refractivity contribution < 1.29 is 14.3 Å². The second-order valence-corrected chi connectivity index (χ2v) is 6.12. The summed E-state index contributed by atoms with van der Waals surface area (Å²) < 4.78 is 5.38. The lowest BCUT2D eigenvalue weighted by Crippen LogP contribution is -2.52. The first-order valence-electron chi connectivity index (χ1n) is 8.19. The number of nitrogens with one attached hydrogen (secondary N) is 2. The second-order valence-electron chi connectivity index (χ2n) is 6.12. The molecule has 0 aliphatic carbocycles. The number of ether oxygens (including phenoxy) is 1. The molecule has 0 radical (unpaired) electrons. The molecule has 1 aromatic rings. The quantitative estimate of drug-likeness (QED) is 0.880. The third kappa shape index (κ3) is 3.71. The van der Waals surface area contributed by atoms with Crippen molar-refractivity contribution in [2.24, 2.45) is 0 Å². The van der Waals surface area contributed by atoms with Gasteiger partial charge in [-0.1, -0.05) is 6.07 Å². The lowest BCUT2D eigenvalue weighted by molar-refractivity contribution is -0.124. The highest BCUT2D eigenvalue weighted by molar-refractivity contribution is 5.98. The van der Waals surface area contributed by atoms with Crippen molar-refractivity contribution in [3.05, 3.63) is 29.8 Å². The molecule has 1 aromatic carbocycles. The van der Waals surface area contributed by atoms with Gasteiger partial charge in [0.25, 0.3) is 11.8 Å². The molecular weight excluding hydrogens is 294 g/mol. The Morgan fingerprint density at radius 3 is 3.00 bits per heavy atom. The first-order chi connectivity index (χ1) is 11.1. The number of anilines is 1. The van der Waals surface area contributed by atoms with Gasteiger partial charge in [-0.2, -0.15) is 0 Å². The van der Waals surface area contributed by atoms with Crippen LogP contribution in [-0.4, -0.2) is 55.1 Å². The van der Waals surface area contributed by atoms with Gasteiger partial charge in [-0.3, -0.25) is 9.59 Å². The number of hydrogen-bond acceptors (Lipinski definition) is 4. The van der Waals surface area contributed by atoms with E-state index < -0.39 is 0 Å². The number of hydrogen-bond donors (Lipinski definition) is 2. The molecule has 0 spiro atoms. The molecular formula is C17H23N3O3. The third-order valence-electron chi connectivity index (χ3n) is 4.36. The number of piperazine rings is 1. The molecule has 1 unspecified atom stereocenters. The Morgan fingerprint density at radius 1 is 1.39 bits per heavy atom. The zero-order valence-corrected chi connectivity index (χ0v) is 13.4. The van der Waals surface area contributed by atoms with E-state index in [9.17, 15) is 9.59 Å². The third-order valence-corrected chi connectivity index (χ3v) is 4.36. The van der Waals surface area contributed by atoms with Crippen LogP contribution in [0.4, 0.5) is 5.69 Å². The monoisotopic (exact) mass is 317 g/mol. The Kier molecular flexibility index (Phi) is 4.93. The number of benzene rings is 1. The molecule has 2 amide bonds. The number of amides is 2. The molecule has 0 aromatic heterocycles. The number of carbonyl (C=O) groups is 2. The average molecular weight is 317 g/mol. The minimum Gasteiger partial charge on any atom is -0.368 e. The molecule has 0 saturated carbocycles. The average Bonchev–Trinajstić information content (AvgIpc) is 3.09. The maximum atomic E-state index is 12.7. The lowest BCUT2D eigenvalue weighted by Gasteiger charge is -2.34. The number of nitrogens with zero attached hydrogens (tertiary/aromatic N) is 1. The Bertz CT molecular complexity index is 584. The molecule has 2 N–H and O–H groups in total. The van der Waals surface area contributed by atoms with Gasteiger partial charge in [0.15, 0.2) is 0 Å². The van der Waals surface area contributed by atoms with Crippen LogP contribution in [0, 0.1) is 0 Å². The van der Waals surface area contributed by atoms with E-state index in [0.29, 0.717) is 24.4 Å². The molecule has 2 heterocycles. The summed E-state index contributed by atoms with van der Waals surface area (Å²) in [5.74, 6) is -0.130. The topological polar surface area (TPSA) is 70.7 Å². The van der Waals surface area contributed by atoms with Crippen LogP contribution in [0.2, 0.25) is 0 Å². The molecule has 2 saturated heterocycles. The van der Waals surface area contributed by atoms with Crippen LogP contribution >= 0.6 is 0 Å². The summed E-state index contributed by atoms with van der Waals surface area (Å²) in [4.78, 5) is 26.6. The van der Waals surface area contributed by atoms with Crippen molar-refractivity contribution in [3.8, 4) is 0 Å². The predicted molar refractivity (Wildman–Crippen MR) is 87.4 cm³/mol. The van der Waals surface area contributed by atoms with Gasteiger partial charge in [0.2, 0.25) is 0 Å². The van der Waals surface area contributed by atoms with Crippen LogP contribution < -0.4 is 10.6 Å². The Morgan fingerprint density at radius 2 is 2.26 bits per heavy atom. The molecule has 2 fully saturated rings. The highest BCUT2D eigenvalue weighted by atomic mass is 16.5. The molecule has 2 aliphatic rings. The first kappa shape index (κ1) is 16.0. The zero-order valence-electron chi connectivity index (χ0n) is 13.4. The van der Waals surface area contributed by atoms with Crippen LogP contribution in [0.5, 0.6) is 0 Å². The minimum absolute atomic E-state index is 0.00668. The maximum Gasteiger partial charge on any atom is 0.254 e. The summed E-state index contributed by atoms with van der Waals surface area (Å²) in [5.41, 5.74) is 1.24. The van der Waals surface area contributed by atoms with Crippen molar-refractivity contribution in [3.63, 3.8) is 0 Å². The van der Waals surface area contributed by atoms with Gasteiger partial charge in [0, 0.05) is 43.5 Å². The van der Waals surface area contributed by atoms with E-state index in [4.69, 9.17) is 4.74 Å². The van der Waals surface area contributed by atoms with Crippen LogP contribution in [0.3, 0.4) is 0 Å². The van der Waals surface area contributed by atoms with Gasteiger partial charge in [-0.25, -0.2) is 0 Å². The normalized spacial score (nSPS) is 24.5. The fourth-order valence-electron chi connectivity index (χ4n) is 3.05. The highest BCUT2D eigenvalue weighted by Gasteiger charge is 2.25. The summed E-state index contributed by atoms with van der Waals surface area (Å²) in [6.07, 6.45) is 1.29. The smallest absolute Gasteiger partial charge is 0.254 e. The highest BCUT2D eigenvalue weighted by Crippen LogP contribution is 2.18. The SMILES string of the molecule is C[C@@H]1CNCCN1C(=O)c1cccc(NC(=O)C2CCCO2)c1. The van der Waals surface area contributed by atoms with E-state index in [0.717, 1.165) is 25.9 Å². The molecule has 6 heteroatoms. The van der Waals surface area contributed by atoms with Crippen molar-refractivity contribution in [1.82, 2.24) is 10.2 Å². The van der Waals surface area contributed by atoms with Gasteiger partial charge in [-0.05, 0) is 38.0 Å². The number of carbonyl (C=O) groups excluding carboxylic acids is 2. The van der Waals surface area contributed by atoms with Crippen molar-refractivity contribution in [2.75, 3.05) is 31.6 Å². The standard InChI is InChI=1S/C17H23N3O3/c1-12-11-18-7-8-20(12)17(22)13-4-2-5-14(10-13)19-16(21)15-6-3-9-23-15/h2,4-5,10,12,15,18H,3,6-9,11H2,1H3,(H,19,21)/t12-,15?/m1/s1. The summed E-state index contributed by atoms with van der Waals surface area (Å²) in [6.45, 7) is 4.99. The van der Waals surface area contributed by atoms with Gasteiger partial charge in [0.1, 0.15) is 6.10 Å². The van der Waals surface area contributed by atoms with Crippen LogP contribution in [0.25, 0.3) is 0 Å². The van der Waals surface area contributed by atoms with E-state index in [1.54, 1.807) is 24.3 Å². The minimum atomic E-state index is -0.373. The molecule has 2 atom stereocenters. The fourth-order valence-corrected chi connectivity index (χ4v) is 3.05. The number of rotatable bonds is 3. The molecule has 0 bridgehead atoms. The summed E-state index contributed by atoms with van der Waals surface area (Å²) in [6, 6.07) is 7.29. The van der Waals surface area contributed by atoms with Crippen LogP contribution in [0.1, 0.15) is 30.1 Å². The van der Waals surface area contributed by atoms with Crippen molar-refractivity contribution in [2.45, 2.75) is 31.9 Å². The maximum absolute atomic E-state index is 12.7. The van der Waals surface area contributed by atoms with Gasteiger partial charge < -0.3 is 20.3 Å². The largest absolute Gasteiger partial charge is 0.368 e. The van der Waals surface area contributed by atoms with Gasteiger partial charge in [-0.15, -0.1) is 0 Å². The van der Waals surface area contributed by atoms with E-state index in [-0.39, 0.29) is 24.0 Å². The predicted octanol–water partition coefficient (Wildman–Crippen LogP) is 1.24. The summed E-state index contributed by atoms with van der Waals surface area (Å²) in [7, 11) is 0. The van der Waals surface area contributed by atoms with Crippen LogP contribution in [0.15, 0.2) is 24.3 Å². The molecule has 124 valence electrons. The molecule has 2 aliphatic heterocycles. The second kappa shape index (κ2) is 7.10. The Hall–Kier alpha value is -1.92. The van der Waals surface area contributed by atoms with E-state index in [2.05, 4.69) is 10.6 Å². The Labute approximate surface area is 136 Å². The zero-order chi connectivity index (χ0) is 16.2. The van der Waals surface area contributed by atoms with Crippen molar-refractivity contribution >= 4 is 17.5 Å². The molecule has 6 nitrogen and oxygen atoms in total.